The molecule has 2 aliphatic rings. The Bertz CT molecular complexity index is 448. The van der Waals surface area contributed by atoms with Crippen LogP contribution in [-0.2, 0) is 12.4 Å². The molecule has 0 bridgehead atoms. The van der Waals surface area contributed by atoms with Crippen LogP contribution in [0.15, 0.2) is 0 Å². The van der Waals surface area contributed by atoms with Crippen molar-refractivity contribution in [2.24, 2.45) is 13.0 Å². The molecule has 1 saturated carbocycles. The molecule has 0 radical (unpaired) electrons. The molecule has 1 aromatic rings. The van der Waals surface area contributed by atoms with Gasteiger partial charge in [0.25, 0.3) is 0 Å². The fourth-order valence-corrected chi connectivity index (χ4v) is 4.75. The van der Waals surface area contributed by atoms with E-state index in [1.54, 1.807) is 0 Å². The van der Waals surface area contributed by atoms with E-state index in [0.29, 0.717) is 0 Å². The van der Waals surface area contributed by atoms with Gasteiger partial charge in [-0.05, 0) is 38.5 Å². The predicted molar refractivity (Wildman–Crippen MR) is 82.9 cm³/mol. The van der Waals surface area contributed by atoms with Crippen molar-refractivity contribution in [2.45, 2.75) is 56.8 Å². The zero-order valence-corrected chi connectivity index (χ0v) is 13.6. The quantitative estimate of drug-likeness (QED) is 0.788. The molecule has 2 fully saturated rings. The van der Waals surface area contributed by atoms with E-state index in [4.69, 9.17) is 0 Å². The fourth-order valence-electron chi connectivity index (χ4n) is 4.09. The number of hydrogen-bond donors (Lipinski definition) is 0. The molecule has 19 heavy (non-hydrogen) atoms. The number of anilines is 1. The first-order chi connectivity index (χ1) is 9.22. The SMILES string of the molecule is Cc1nn(C)c(N2CCCC2C2CCCC2)c1CBr. The lowest BCUT2D eigenvalue weighted by atomic mass is 9.96. The Morgan fingerprint density at radius 1 is 1.21 bits per heavy atom. The molecule has 106 valence electrons. The molecule has 0 aromatic carbocycles. The molecule has 0 spiro atoms. The van der Waals surface area contributed by atoms with Crippen molar-refractivity contribution in [3.63, 3.8) is 0 Å². The van der Waals surface area contributed by atoms with E-state index in [2.05, 4.69) is 44.6 Å². The van der Waals surface area contributed by atoms with Crippen molar-refractivity contribution < 1.29 is 0 Å². The summed E-state index contributed by atoms with van der Waals surface area (Å²) in [7, 11) is 2.10. The van der Waals surface area contributed by atoms with Gasteiger partial charge in [-0.3, -0.25) is 4.68 Å². The van der Waals surface area contributed by atoms with Crippen LogP contribution in [0.3, 0.4) is 0 Å². The normalized spacial score (nSPS) is 24.6. The lowest BCUT2D eigenvalue weighted by molar-refractivity contribution is 0.426. The average Bonchev–Trinajstić information content (AvgIpc) is 3.07. The van der Waals surface area contributed by atoms with Gasteiger partial charge in [-0.25, -0.2) is 0 Å². The van der Waals surface area contributed by atoms with E-state index >= 15 is 0 Å². The molecule has 0 amide bonds. The Balaban J connectivity index is 1.91. The Morgan fingerprint density at radius 3 is 2.63 bits per heavy atom. The molecule has 1 aliphatic carbocycles. The zero-order chi connectivity index (χ0) is 13.4. The third-order valence-electron chi connectivity index (χ3n) is 4.96. The molecule has 1 unspecified atom stereocenters. The summed E-state index contributed by atoms with van der Waals surface area (Å²) in [6.45, 7) is 3.33. The zero-order valence-electron chi connectivity index (χ0n) is 12.0. The van der Waals surface area contributed by atoms with Gasteiger partial charge < -0.3 is 4.90 Å². The standard InChI is InChI=1S/C15H24BrN3/c1-11-13(10-16)15(18(2)17-11)19-9-5-8-14(19)12-6-3-4-7-12/h12,14H,3-10H2,1-2H3. The first-order valence-electron chi connectivity index (χ1n) is 7.57. The van der Waals surface area contributed by atoms with E-state index in [9.17, 15) is 0 Å². The molecule has 0 N–H and O–H groups in total. The fraction of sp³-hybridized carbons (Fsp3) is 0.800. The Morgan fingerprint density at radius 2 is 1.95 bits per heavy atom. The number of nitrogens with zero attached hydrogens (tertiary/aromatic N) is 3. The van der Waals surface area contributed by atoms with Gasteiger partial charge in [0.05, 0.1) is 5.69 Å². The van der Waals surface area contributed by atoms with Crippen molar-refractivity contribution in [1.82, 2.24) is 9.78 Å². The van der Waals surface area contributed by atoms with Gasteiger partial charge in [-0.2, -0.15) is 5.10 Å². The maximum Gasteiger partial charge on any atom is 0.131 e. The molecule has 3 rings (SSSR count). The van der Waals surface area contributed by atoms with Crippen LogP contribution in [0.1, 0.15) is 49.8 Å². The van der Waals surface area contributed by atoms with E-state index in [1.165, 1.54) is 62.1 Å². The third-order valence-corrected chi connectivity index (χ3v) is 5.52. The van der Waals surface area contributed by atoms with Crippen molar-refractivity contribution in [3.8, 4) is 0 Å². The van der Waals surface area contributed by atoms with Crippen LogP contribution in [0.25, 0.3) is 0 Å². The molecule has 1 aromatic heterocycles. The largest absolute Gasteiger partial charge is 0.353 e. The van der Waals surface area contributed by atoms with Gasteiger partial charge in [-0.1, -0.05) is 28.8 Å². The minimum Gasteiger partial charge on any atom is -0.353 e. The minimum atomic E-state index is 0.759. The van der Waals surface area contributed by atoms with Crippen LogP contribution in [0.2, 0.25) is 0 Å². The van der Waals surface area contributed by atoms with Crippen LogP contribution >= 0.6 is 15.9 Å². The van der Waals surface area contributed by atoms with Gasteiger partial charge in [0, 0.05) is 30.5 Å². The van der Waals surface area contributed by atoms with Crippen LogP contribution in [0.5, 0.6) is 0 Å². The smallest absolute Gasteiger partial charge is 0.131 e. The van der Waals surface area contributed by atoms with Gasteiger partial charge in [0.2, 0.25) is 0 Å². The molecule has 1 saturated heterocycles. The lowest BCUT2D eigenvalue weighted by Crippen LogP contribution is -2.36. The Kier molecular flexibility index (Phi) is 3.88. The van der Waals surface area contributed by atoms with Crippen LogP contribution in [0.4, 0.5) is 5.82 Å². The summed E-state index contributed by atoms with van der Waals surface area (Å²) in [6.07, 6.45) is 8.45. The van der Waals surface area contributed by atoms with E-state index in [0.717, 1.165) is 17.3 Å². The van der Waals surface area contributed by atoms with Crippen molar-refractivity contribution in [1.29, 1.82) is 0 Å². The summed E-state index contributed by atoms with van der Waals surface area (Å²) in [5.41, 5.74) is 2.55. The average molecular weight is 326 g/mol. The molecule has 2 heterocycles. The highest BCUT2D eigenvalue weighted by atomic mass is 79.9. The summed E-state index contributed by atoms with van der Waals surface area (Å²) >= 11 is 3.64. The predicted octanol–water partition coefficient (Wildman–Crippen LogP) is 3.78. The lowest BCUT2D eigenvalue weighted by Gasteiger charge is -2.31. The molecule has 3 nitrogen and oxygen atoms in total. The molecule has 1 aliphatic heterocycles. The number of rotatable bonds is 3. The highest BCUT2D eigenvalue weighted by Crippen LogP contribution is 2.39. The first-order valence-corrected chi connectivity index (χ1v) is 8.69. The molecule has 1 atom stereocenters. The second-order valence-corrected chi connectivity index (χ2v) is 6.65. The summed E-state index contributed by atoms with van der Waals surface area (Å²) in [5, 5.41) is 5.55. The van der Waals surface area contributed by atoms with Gasteiger partial charge in [0.1, 0.15) is 5.82 Å². The summed E-state index contributed by atoms with van der Waals surface area (Å²) in [4.78, 5) is 2.66. The van der Waals surface area contributed by atoms with Crippen LogP contribution in [0, 0.1) is 12.8 Å². The monoisotopic (exact) mass is 325 g/mol. The maximum absolute atomic E-state index is 4.63. The second kappa shape index (κ2) is 5.47. The highest BCUT2D eigenvalue weighted by Gasteiger charge is 2.35. The van der Waals surface area contributed by atoms with E-state index in [1.807, 2.05) is 0 Å². The minimum absolute atomic E-state index is 0.759. The van der Waals surface area contributed by atoms with Crippen molar-refractivity contribution >= 4 is 21.7 Å². The first kappa shape index (κ1) is 13.5. The molecular formula is C15H24BrN3. The van der Waals surface area contributed by atoms with E-state index < -0.39 is 0 Å². The summed E-state index contributed by atoms with van der Waals surface area (Å²) in [5.74, 6) is 2.28. The van der Waals surface area contributed by atoms with Crippen LogP contribution < -0.4 is 4.90 Å². The molecule has 4 heteroatoms. The maximum atomic E-state index is 4.63. The van der Waals surface area contributed by atoms with Crippen molar-refractivity contribution in [2.75, 3.05) is 11.4 Å². The van der Waals surface area contributed by atoms with Crippen molar-refractivity contribution in [3.05, 3.63) is 11.3 Å². The second-order valence-electron chi connectivity index (χ2n) is 6.09. The third kappa shape index (κ3) is 2.32. The van der Waals surface area contributed by atoms with Gasteiger partial charge in [0.15, 0.2) is 0 Å². The number of alkyl halides is 1. The number of halogens is 1. The van der Waals surface area contributed by atoms with E-state index in [-0.39, 0.29) is 0 Å². The van der Waals surface area contributed by atoms with Crippen LogP contribution in [-0.4, -0.2) is 22.4 Å². The Hall–Kier alpha value is -0.510. The number of aryl methyl sites for hydroxylation is 2. The molecular weight excluding hydrogens is 302 g/mol. The topological polar surface area (TPSA) is 21.1 Å². The Labute approximate surface area is 124 Å². The highest BCUT2D eigenvalue weighted by molar-refractivity contribution is 9.08. The summed E-state index contributed by atoms with van der Waals surface area (Å²) < 4.78 is 2.10. The number of aromatic nitrogens is 2. The summed E-state index contributed by atoms with van der Waals surface area (Å²) in [6, 6.07) is 0.759. The van der Waals surface area contributed by atoms with Gasteiger partial charge >= 0.3 is 0 Å². The van der Waals surface area contributed by atoms with Gasteiger partial charge in [-0.15, -0.1) is 0 Å². The number of hydrogen-bond acceptors (Lipinski definition) is 2.